The maximum Gasteiger partial charge on any atom is 0.266 e. The summed E-state index contributed by atoms with van der Waals surface area (Å²) in [7, 11) is -3.61. The van der Waals surface area contributed by atoms with E-state index in [9.17, 15) is 13.2 Å². The first-order chi connectivity index (χ1) is 6.94. The van der Waals surface area contributed by atoms with Gasteiger partial charge in [0.05, 0.1) is 23.5 Å². The molecule has 6 heteroatoms. The van der Waals surface area contributed by atoms with Crippen LogP contribution in [0.1, 0.15) is 15.9 Å². The molecule has 1 aromatic rings. The number of nitriles is 1. The molecule has 0 saturated carbocycles. The van der Waals surface area contributed by atoms with E-state index in [4.69, 9.17) is 5.26 Å². The quantitative estimate of drug-likeness (QED) is 0.779. The van der Waals surface area contributed by atoms with Gasteiger partial charge in [0.25, 0.3) is 5.91 Å². The molecule has 1 N–H and O–H groups in total. The Hall–Kier alpha value is -1.87. The molecule has 0 heterocycles. The van der Waals surface area contributed by atoms with E-state index in [-0.39, 0.29) is 11.1 Å². The lowest BCUT2D eigenvalue weighted by Gasteiger charge is -2.03. The van der Waals surface area contributed by atoms with Crippen molar-refractivity contribution in [1.82, 2.24) is 4.72 Å². The summed E-state index contributed by atoms with van der Waals surface area (Å²) in [6.07, 6.45) is 0.875. The average molecular weight is 224 g/mol. The van der Waals surface area contributed by atoms with Gasteiger partial charge in [-0.2, -0.15) is 5.26 Å². The van der Waals surface area contributed by atoms with Crippen LogP contribution in [0.2, 0.25) is 0 Å². The van der Waals surface area contributed by atoms with Crippen LogP contribution in [0.5, 0.6) is 0 Å². The lowest BCUT2D eigenvalue weighted by Crippen LogP contribution is -2.29. The largest absolute Gasteiger partial charge is 0.268 e. The van der Waals surface area contributed by atoms with Crippen LogP contribution >= 0.6 is 0 Å². The van der Waals surface area contributed by atoms with E-state index >= 15 is 0 Å². The van der Waals surface area contributed by atoms with Crippen LogP contribution in [0.25, 0.3) is 0 Å². The van der Waals surface area contributed by atoms with Crippen LogP contribution in [-0.2, 0) is 10.0 Å². The number of sulfonamides is 1. The monoisotopic (exact) mass is 224 g/mol. The highest BCUT2D eigenvalue weighted by atomic mass is 32.2. The van der Waals surface area contributed by atoms with E-state index in [1.54, 1.807) is 22.9 Å². The molecule has 78 valence electrons. The standard InChI is InChI=1S/C9H8N2O3S/c1-15(13,14)11-9(12)8-5-3-2-4-7(8)6-10/h2-5H,1H3,(H,11,12). The van der Waals surface area contributed by atoms with Gasteiger partial charge in [0.2, 0.25) is 10.0 Å². The zero-order chi connectivity index (χ0) is 11.5. The molecule has 0 bridgehead atoms. The van der Waals surface area contributed by atoms with E-state index in [2.05, 4.69) is 0 Å². The van der Waals surface area contributed by atoms with Gasteiger partial charge >= 0.3 is 0 Å². The second-order valence-corrected chi connectivity index (χ2v) is 4.61. The number of rotatable bonds is 2. The summed E-state index contributed by atoms with van der Waals surface area (Å²) in [6.45, 7) is 0. The minimum Gasteiger partial charge on any atom is -0.268 e. The highest BCUT2D eigenvalue weighted by Crippen LogP contribution is 2.07. The van der Waals surface area contributed by atoms with Crippen molar-refractivity contribution in [2.24, 2.45) is 0 Å². The summed E-state index contributed by atoms with van der Waals surface area (Å²) in [5.74, 6) is -0.797. The minimum atomic E-state index is -3.61. The van der Waals surface area contributed by atoms with Gasteiger partial charge < -0.3 is 0 Å². The summed E-state index contributed by atoms with van der Waals surface area (Å²) < 4.78 is 23.4. The van der Waals surface area contributed by atoms with Gasteiger partial charge in [0.15, 0.2) is 0 Å². The van der Waals surface area contributed by atoms with Crippen molar-refractivity contribution in [2.75, 3.05) is 6.26 Å². The number of hydrogen-bond donors (Lipinski definition) is 1. The lowest BCUT2D eigenvalue weighted by molar-refractivity contribution is 0.0981. The predicted octanol–water partition coefficient (Wildman–Crippen LogP) is 0.248. The molecule has 15 heavy (non-hydrogen) atoms. The SMILES string of the molecule is CS(=O)(=O)NC(=O)c1ccccc1C#N. The molecule has 1 amide bonds. The van der Waals surface area contributed by atoms with Crippen molar-refractivity contribution in [2.45, 2.75) is 0 Å². The van der Waals surface area contributed by atoms with Gasteiger partial charge in [-0.15, -0.1) is 0 Å². The van der Waals surface area contributed by atoms with Crippen molar-refractivity contribution in [1.29, 1.82) is 5.26 Å². The fourth-order valence-electron chi connectivity index (χ4n) is 1.00. The van der Waals surface area contributed by atoms with Crippen molar-refractivity contribution in [3.05, 3.63) is 35.4 Å². The van der Waals surface area contributed by atoms with Crippen LogP contribution in [0.15, 0.2) is 24.3 Å². The Kier molecular flexibility index (Phi) is 3.07. The Balaban J connectivity index is 3.08. The van der Waals surface area contributed by atoms with Crippen LogP contribution in [0.3, 0.4) is 0 Å². The lowest BCUT2D eigenvalue weighted by atomic mass is 10.1. The molecule has 0 aliphatic carbocycles. The van der Waals surface area contributed by atoms with E-state index in [1.807, 2.05) is 0 Å². The van der Waals surface area contributed by atoms with Crippen LogP contribution < -0.4 is 4.72 Å². The molecule has 0 aromatic heterocycles. The summed E-state index contributed by atoms with van der Waals surface area (Å²) in [5, 5.41) is 8.69. The van der Waals surface area contributed by atoms with Gasteiger partial charge in [-0.3, -0.25) is 4.79 Å². The van der Waals surface area contributed by atoms with E-state index in [0.717, 1.165) is 6.26 Å². The summed E-state index contributed by atoms with van der Waals surface area (Å²) in [6, 6.07) is 7.78. The summed E-state index contributed by atoms with van der Waals surface area (Å²) in [5.41, 5.74) is 0.184. The third-order valence-corrected chi connectivity index (χ3v) is 2.13. The molecule has 0 saturated heterocycles. The molecule has 0 radical (unpaired) electrons. The van der Waals surface area contributed by atoms with E-state index < -0.39 is 15.9 Å². The molecule has 0 spiro atoms. The molecule has 0 aliphatic rings. The van der Waals surface area contributed by atoms with Crippen molar-refractivity contribution >= 4 is 15.9 Å². The Morgan fingerprint density at radius 3 is 2.53 bits per heavy atom. The normalized spacial score (nSPS) is 10.4. The molecule has 0 fully saturated rings. The van der Waals surface area contributed by atoms with Gasteiger partial charge in [-0.1, -0.05) is 12.1 Å². The molecule has 1 aromatic carbocycles. The van der Waals surface area contributed by atoms with Crippen LogP contribution in [0, 0.1) is 11.3 Å². The fraction of sp³-hybridized carbons (Fsp3) is 0.111. The predicted molar refractivity (Wildman–Crippen MR) is 53.5 cm³/mol. The number of hydrogen-bond acceptors (Lipinski definition) is 4. The van der Waals surface area contributed by atoms with E-state index in [0.29, 0.717) is 0 Å². The van der Waals surface area contributed by atoms with Crippen molar-refractivity contribution < 1.29 is 13.2 Å². The summed E-state index contributed by atoms with van der Waals surface area (Å²) >= 11 is 0. The topological polar surface area (TPSA) is 87.0 Å². The Labute approximate surface area is 87.4 Å². The number of carbonyl (C=O) groups is 1. The third kappa shape index (κ3) is 3.07. The first kappa shape index (κ1) is 11.2. The second kappa shape index (κ2) is 4.11. The number of amides is 1. The molecule has 0 atom stereocenters. The average Bonchev–Trinajstić information content (AvgIpc) is 2.15. The van der Waals surface area contributed by atoms with Crippen LogP contribution in [-0.4, -0.2) is 20.6 Å². The maximum absolute atomic E-state index is 11.4. The minimum absolute atomic E-state index is 0.0467. The number of benzene rings is 1. The van der Waals surface area contributed by atoms with Gasteiger partial charge in [-0.05, 0) is 12.1 Å². The Morgan fingerprint density at radius 1 is 1.40 bits per heavy atom. The Bertz CT molecular complexity index is 529. The molecule has 5 nitrogen and oxygen atoms in total. The third-order valence-electron chi connectivity index (χ3n) is 1.57. The fourth-order valence-corrected chi connectivity index (χ4v) is 1.45. The molecule has 0 unspecified atom stereocenters. The van der Waals surface area contributed by atoms with Crippen LogP contribution in [0.4, 0.5) is 0 Å². The first-order valence-electron chi connectivity index (χ1n) is 3.95. The first-order valence-corrected chi connectivity index (χ1v) is 5.84. The smallest absolute Gasteiger partial charge is 0.266 e. The van der Waals surface area contributed by atoms with E-state index in [1.165, 1.54) is 12.1 Å². The van der Waals surface area contributed by atoms with Crippen molar-refractivity contribution in [3.8, 4) is 6.07 Å². The second-order valence-electron chi connectivity index (χ2n) is 2.86. The zero-order valence-corrected chi connectivity index (χ0v) is 8.71. The molecular weight excluding hydrogens is 216 g/mol. The summed E-state index contributed by atoms with van der Waals surface area (Å²) in [4.78, 5) is 11.4. The highest BCUT2D eigenvalue weighted by Gasteiger charge is 2.14. The number of nitrogens with one attached hydrogen (secondary N) is 1. The van der Waals surface area contributed by atoms with Crippen molar-refractivity contribution in [3.63, 3.8) is 0 Å². The highest BCUT2D eigenvalue weighted by molar-refractivity contribution is 7.89. The van der Waals surface area contributed by atoms with Gasteiger partial charge in [0.1, 0.15) is 0 Å². The number of carbonyl (C=O) groups excluding carboxylic acids is 1. The van der Waals surface area contributed by atoms with Gasteiger partial charge in [0, 0.05) is 0 Å². The van der Waals surface area contributed by atoms with Gasteiger partial charge in [-0.25, -0.2) is 13.1 Å². The maximum atomic E-state index is 11.4. The number of nitrogens with zero attached hydrogens (tertiary/aromatic N) is 1. The Morgan fingerprint density at radius 2 is 2.00 bits per heavy atom. The molecule has 1 rings (SSSR count). The molecular formula is C9H8N2O3S. The zero-order valence-electron chi connectivity index (χ0n) is 7.89. The molecule has 0 aliphatic heterocycles.